The fourth-order valence-corrected chi connectivity index (χ4v) is 1.20. The van der Waals surface area contributed by atoms with Crippen molar-refractivity contribution in [1.29, 1.82) is 0 Å². The lowest BCUT2D eigenvalue weighted by molar-refractivity contribution is 0.122. The van der Waals surface area contributed by atoms with Crippen molar-refractivity contribution in [2.45, 2.75) is 19.4 Å². The predicted octanol–water partition coefficient (Wildman–Crippen LogP) is 2.45. The first-order valence-corrected chi connectivity index (χ1v) is 5.24. The van der Waals surface area contributed by atoms with Gasteiger partial charge in [0.2, 0.25) is 0 Å². The molecule has 0 aromatic heterocycles. The van der Waals surface area contributed by atoms with E-state index < -0.39 is 5.60 Å². The van der Waals surface area contributed by atoms with E-state index in [4.69, 9.17) is 4.74 Å². The van der Waals surface area contributed by atoms with Crippen LogP contribution in [-0.4, -0.2) is 11.7 Å². The normalized spacial score (nSPS) is 13.9. The molecule has 1 rings (SSSR count). The lowest BCUT2D eigenvalue weighted by Gasteiger charge is -2.16. The van der Waals surface area contributed by atoms with Crippen molar-refractivity contribution < 1.29 is 9.84 Å². The van der Waals surface area contributed by atoms with Crippen LogP contribution < -0.4 is 0 Å². The molecule has 2 nitrogen and oxygen atoms in total. The first-order valence-electron chi connectivity index (χ1n) is 5.24. The Kier molecular flexibility index (Phi) is 4.63. The lowest BCUT2D eigenvalue weighted by Crippen LogP contribution is -2.17. The maximum absolute atomic E-state index is 10.1. The van der Waals surface area contributed by atoms with Crippen LogP contribution in [0.4, 0.5) is 0 Å². The third kappa shape index (κ3) is 3.80. The summed E-state index contributed by atoms with van der Waals surface area (Å²) in [5.74, 6) is 5.53. The highest BCUT2D eigenvalue weighted by Gasteiger charge is 2.18. The molecule has 0 aliphatic rings. The van der Waals surface area contributed by atoms with Crippen LogP contribution in [0.2, 0.25) is 0 Å². The topological polar surface area (TPSA) is 29.5 Å². The summed E-state index contributed by atoms with van der Waals surface area (Å²) >= 11 is 0. The highest BCUT2D eigenvalue weighted by atomic mass is 16.5. The van der Waals surface area contributed by atoms with E-state index in [0.717, 1.165) is 5.56 Å². The van der Waals surface area contributed by atoms with E-state index in [-0.39, 0.29) is 0 Å². The zero-order valence-electron chi connectivity index (χ0n) is 9.60. The van der Waals surface area contributed by atoms with Crippen molar-refractivity contribution in [3.05, 3.63) is 48.2 Å². The molecule has 1 unspecified atom stereocenters. The number of benzene rings is 1. The zero-order chi connectivity index (χ0) is 11.9. The van der Waals surface area contributed by atoms with Crippen LogP contribution in [-0.2, 0) is 10.3 Å². The standard InChI is InChI=1S/C14H16O2/c1-3-16-12-8-7-11-14(2,15)13-9-5-4-6-10-13/h4-6,8-10,12,15H,3H2,1-2H3/b12-8+. The largest absolute Gasteiger partial charge is 0.501 e. The number of allylic oxidation sites excluding steroid dienone is 1. The fourth-order valence-electron chi connectivity index (χ4n) is 1.20. The minimum absolute atomic E-state index is 0.618. The van der Waals surface area contributed by atoms with Gasteiger partial charge in [-0.1, -0.05) is 42.2 Å². The molecule has 1 aromatic carbocycles. The number of hydrogen-bond donors (Lipinski definition) is 1. The van der Waals surface area contributed by atoms with E-state index in [9.17, 15) is 5.11 Å². The minimum atomic E-state index is -1.13. The van der Waals surface area contributed by atoms with Crippen LogP contribution in [0.3, 0.4) is 0 Å². The number of rotatable bonds is 3. The second kappa shape index (κ2) is 5.99. The summed E-state index contributed by atoms with van der Waals surface area (Å²) in [6, 6.07) is 9.35. The molecule has 2 heteroatoms. The highest BCUT2D eigenvalue weighted by molar-refractivity contribution is 5.32. The van der Waals surface area contributed by atoms with Gasteiger partial charge in [0.1, 0.15) is 5.60 Å². The van der Waals surface area contributed by atoms with Gasteiger partial charge >= 0.3 is 0 Å². The zero-order valence-corrected chi connectivity index (χ0v) is 9.60. The minimum Gasteiger partial charge on any atom is -0.501 e. The van der Waals surface area contributed by atoms with E-state index in [2.05, 4.69) is 11.8 Å². The maximum atomic E-state index is 10.1. The van der Waals surface area contributed by atoms with Gasteiger partial charge in [0.25, 0.3) is 0 Å². The van der Waals surface area contributed by atoms with Gasteiger partial charge in [0.05, 0.1) is 12.9 Å². The summed E-state index contributed by atoms with van der Waals surface area (Å²) < 4.78 is 4.99. The molecule has 1 aromatic rings. The van der Waals surface area contributed by atoms with Crippen molar-refractivity contribution in [3.8, 4) is 11.8 Å². The van der Waals surface area contributed by atoms with Crippen LogP contribution in [0.5, 0.6) is 0 Å². The molecule has 0 aliphatic carbocycles. The Morgan fingerprint density at radius 3 is 2.69 bits per heavy atom. The Bertz CT molecular complexity index is 394. The molecule has 1 N–H and O–H groups in total. The molecular formula is C14H16O2. The van der Waals surface area contributed by atoms with Crippen LogP contribution in [0.1, 0.15) is 19.4 Å². The van der Waals surface area contributed by atoms with Crippen LogP contribution in [0, 0.1) is 11.8 Å². The highest BCUT2D eigenvalue weighted by Crippen LogP contribution is 2.18. The van der Waals surface area contributed by atoms with Gasteiger partial charge in [0.15, 0.2) is 0 Å². The Hall–Kier alpha value is -1.72. The molecular weight excluding hydrogens is 200 g/mol. The molecule has 0 spiro atoms. The fraction of sp³-hybridized carbons (Fsp3) is 0.286. The lowest BCUT2D eigenvalue weighted by atomic mass is 9.97. The van der Waals surface area contributed by atoms with E-state index in [1.807, 2.05) is 37.3 Å². The molecule has 0 amide bonds. The summed E-state index contributed by atoms with van der Waals surface area (Å²) in [7, 11) is 0. The number of hydrogen-bond acceptors (Lipinski definition) is 2. The van der Waals surface area contributed by atoms with Gasteiger partial charge in [0, 0.05) is 6.08 Å². The first kappa shape index (κ1) is 12.4. The van der Waals surface area contributed by atoms with Gasteiger partial charge < -0.3 is 9.84 Å². The molecule has 0 saturated heterocycles. The maximum Gasteiger partial charge on any atom is 0.148 e. The Morgan fingerprint density at radius 1 is 1.38 bits per heavy atom. The third-order valence-electron chi connectivity index (χ3n) is 2.07. The predicted molar refractivity (Wildman–Crippen MR) is 64.6 cm³/mol. The Labute approximate surface area is 96.6 Å². The van der Waals surface area contributed by atoms with Gasteiger partial charge in [-0.15, -0.1) is 0 Å². The van der Waals surface area contributed by atoms with Crippen molar-refractivity contribution in [3.63, 3.8) is 0 Å². The molecule has 0 fully saturated rings. The van der Waals surface area contributed by atoms with Crippen molar-refractivity contribution in [1.82, 2.24) is 0 Å². The Morgan fingerprint density at radius 2 is 2.06 bits per heavy atom. The van der Waals surface area contributed by atoms with Gasteiger partial charge in [-0.05, 0) is 19.4 Å². The van der Waals surface area contributed by atoms with Crippen LogP contribution in [0.25, 0.3) is 0 Å². The van der Waals surface area contributed by atoms with E-state index in [1.165, 1.54) is 6.26 Å². The SMILES string of the molecule is CCO/C=C/C#CC(C)(O)c1ccccc1. The van der Waals surface area contributed by atoms with Gasteiger partial charge in [-0.25, -0.2) is 0 Å². The van der Waals surface area contributed by atoms with Crippen molar-refractivity contribution >= 4 is 0 Å². The monoisotopic (exact) mass is 216 g/mol. The Balaban J connectivity index is 2.72. The quantitative estimate of drug-likeness (QED) is 0.621. The van der Waals surface area contributed by atoms with Crippen LogP contribution in [0.15, 0.2) is 42.7 Å². The molecule has 0 heterocycles. The summed E-state index contributed by atoms with van der Waals surface area (Å²) in [6.07, 6.45) is 3.11. The summed E-state index contributed by atoms with van der Waals surface area (Å²) in [5, 5.41) is 10.1. The van der Waals surface area contributed by atoms with Crippen molar-refractivity contribution in [2.24, 2.45) is 0 Å². The summed E-state index contributed by atoms with van der Waals surface area (Å²) in [6.45, 7) is 4.19. The molecule has 0 saturated carbocycles. The van der Waals surface area contributed by atoms with E-state index >= 15 is 0 Å². The summed E-state index contributed by atoms with van der Waals surface area (Å²) in [4.78, 5) is 0. The molecule has 1 atom stereocenters. The molecule has 0 radical (unpaired) electrons. The average Bonchev–Trinajstić information content (AvgIpc) is 2.30. The van der Waals surface area contributed by atoms with E-state index in [0.29, 0.717) is 6.61 Å². The van der Waals surface area contributed by atoms with Crippen LogP contribution >= 0.6 is 0 Å². The van der Waals surface area contributed by atoms with Gasteiger partial charge in [-0.3, -0.25) is 0 Å². The number of aliphatic hydroxyl groups is 1. The smallest absolute Gasteiger partial charge is 0.148 e. The molecule has 0 bridgehead atoms. The summed E-state index contributed by atoms with van der Waals surface area (Å²) in [5.41, 5.74) is -0.343. The number of ether oxygens (including phenoxy) is 1. The average molecular weight is 216 g/mol. The molecule has 0 aliphatic heterocycles. The molecule has 84 valence electrons. The third-order valence-corrected chi connectivity index (χ3v) is 2.07. The van der Waals surface area contributed by atoms with Crippen molar-refractivity contribution in [2.75, 3.05) is 6.61 Å². The van der Waals surface area contributed by atoms with E-state index in [1.54, 1.807) is 13.0 Å². The first-order chi connectivity index (χ1) is 7.67. The van der Waals surface area contributed by atoms with Gasteiger partial charge in [-0.2, -0.15) is 0 Å². The second-order valence-electron chi connectivity index (χ2n) is 3.47. The molecule has 16 heavy (non-hydrogen) atoms. The second-order valence-corrected chi connectivity index (χ2v) is 3.47.